The number of hydrogen-bond acceptors (Lipinski definition) is 2. The number of rotatable bonds is 5. The average molecular weight is 212 g/mol. The van der Waals surface area contributed by atoms with Crippen LogP contribution in [0.2, 0.25) is 0 Å². The maximum Gasteiger partial charge on any atom is 0.226 e. The average Bonchev–Trinajstić information content (AvgIpc) is 2.76. The highest BCUT2D eigenvalue weighted by Gasteiger charge is 2.19. The molecule has 15 heavy (non-hydrogen) atoms. The molecule has 0 radical (unpaired) electrons. The summed E-state index contributed by atoms with van der Waals surface area (Å²) >= 11 is 0. The first-order chi connectivity index (χ1) is 7.15. The van der Waals surface area contributed by atoms with Crippen LogP contribution in [0.3, 0.4) is 0 Å². The zero-order valence-electron chi connectivity index (χ0n) is 10.0. The van der Waals surface area contributed by atoms with Gasteiger partial charge in [-0.3, -0.25) is 4.79 Å². The van der Waals surface area contributed by atoms with E-state index >= 15 is 0 Å². The Morgan fingerprint density at radius 1 is 1.47 bits per heavy atom. The summed E-state index contributed by atoms with van der Waals surface area (Å²) in [6.45, 7) is 3.24. The van der Waals surface area contributed by atoms with E-state index in [1.54, 1.807) is 0 Å². The molecular weight excluding hydrogens is 188 g/mol. The van der Waals surface area contributed by atoms with Crippen molar-refractivity contribution in [3.05, 3.63) is 0 Å². The lowest BCUT2D eigenvalue weighted by atomic mass is 10.0. The van der Waals surface area contributed by atoms with Gasteiger partial charge in [-0.2, -0.15) is 0 Å². The lowest BCUT2D eigenvalue weighted by Crippen LogP contribution is -2.36. The standard InChI is InChI=1S/C12H24N2O/c1-10(9-13)12(15)14(2)8-7-11-5-3-4-6-11/h10-11H,3-9,13H2,1-2H3. The molecule has 0 aromatic heterocycles. The maximum absolute atomic E-state index is 11.7. The Bertz CT molecular complexity index is 200. The van der Waals surface area contributed by atoms with Gasteiger partial charge in [0.05, 0.1) is 0 Å². The molecule has 1 aliphatic rings. The van der Waals surface area contributed by atoms with Crippen LogP contribution >= 0.6 is 0 Å². The molecule has 1 rings (SSSR count). The SMILES string of the molecule is CC(CN)C(=O)N(C)CCC1CCCC1. The van der Waals surface area contributed by atoms with E-state index in [4.69, 9.17) is 5.73 Å². The quantitative estimate of drug-likeness (QED) is 0.752. The van der Waals surface area contributed by atoms with E-state index in [9.17, 15) is 4.79 Å². The van der Waals surface area contributed by atoms with Gasteiger partial charge < -0.3 is 10.6 Å². The fourth-order valence-electron chi connectivity index (χ4n) is 2.26. The molecular formula is C12H24N2O. The molecule has 0 saturated heterocycles. The number of carbonyl (C=O) groups is 1. The number of amides is 1. The molecule has 3 heteroatoms. The van der Waals surface area contributed by atoms with E-state index in [-0.39, 0.29) is 11.8 Å². The summed E-state index contributed by atoms with van der Waals surface area (Å²) in [5.74, 6) is 1.02. The molecule has 0 heterocycles. The van der Waals surface area contributed by atoms with E-state index in [0.717, 1.165) is 12.5 Å². The molecule has 0 aromatic rings. The molecule has 0 aliphatic heterocycles. The smallest absolute Gasteiger partial charge is 0.226 e. The highest BCUT2D eigenvalue weighted by atomic mass is 16.2. The van der Waals surface area contributed by atoms with Crippen molar-refractivity contribution in [1.82, 2.24) is 4.90 Å². The predicted octanol–water partition coefficient (Wildman–Crippen LogP) is 1.62. The highest BCUT2D eigenvalue weighted by molar-refractivity contribution is 5.78. The molecule has 3 nitrogen and oxygen atoms in total. The zero-order chi connectivity index (χ0) is 11.3. The third-order valence-corrected chi connectivity index (χ3v) is 3.50. The topological polar surface area (TPSA) is 46.3 Å². The first-order valence-electron chi connectivity index (χ1n) is 6.10. The summed E-state index contributed by atoms with van der Waals surface area (Å²) in [6, 6.07) is 0. The molecule has 1 atom stereocenters. The fraction of sp³-hybridized carbons (Fsp3) is 0.917. The molecule has 0 aromatic carbocycles. The van der Waals surface area contributed by atoms with Crippen LogP contribution in [0, 0.1) is 11.8 Å². The van der Waals surface area contributed by atoms with Crippen LogP contribution in [-0.4, -0.2) is 30.9 Å². The van der Waals surface area contributed by atoms with Crippen molar-refractivity contribution in [2.45, 2.75) is 39.0 Å². The molecule has 1 unspecified atom stereocenters. The van der Waals surface area contributed by atoms with E-state index in [2.05, 4.69) is 0 Å². The van der Waals surface area contributed by atoms with Crippen molar-refractivity contribution in [1.29, 1.82) is 0 Å². The number of nitrogens with zero attached hydrogens (tertiary/aromatic N) is 1. The number of nitrogens with two attached hydrogens (primary N) is 1. The number of hydrogen-bond donors (Lipinski definition) is 1. The van der Waals surface area contributed by atoms with Crippen molar-refractivity contribution < 1.29 is 4.79 Å². The van der Waals surface area contributed by atoms with Gasteiger partial charge in [-0.05, 0) is 12.3 Å². The fourth-order valence-corrected chi connectivity index (χ4v) is 2.26. The van der Waals surface area contributed by atoms with Crippen LogP contribution < -0.4 is 5.73 Å². The minimum atomic E-state index is -0.0291. The van der Waals surface area contributed by atoms with Crippen LogP contribution in [0.1, 0.15) is 39.0 Å². The molecule has 0 spiro atoms. The van der Waals surface area contributed by atoms with Crippen LogP contribution in [0.4, 0.5) is 0 Å². The van der Waals surface area contributed by atoms with Gasteiger partial charge in [-0.25, -0.2) is 0 Å². The Labute approximate surface area is 93.0 Å². The molecule has 1 amide bonds. The van der Waals surface area contributed by atoms with Crippen molar-refractivity contribution in [3.8, 4) is 0 Å². The van der Waals surface area contributed by atoms with E-state index in [1.807, 2.05) is 18.9 Å². The van der Waals surface area contributed by atoms with Gasteiger partial charge in [-0.15, -0.1) is 0 Å². The van der Waals surface area contributed by atoms with Crippen molar-refractivity contribution in [2.75, 3.05) is 20.1 Å². The van der Waals surface area contributed by atoms with E-state index in [0.29, 0.717) is 6.54 Å². The normalized spacial score (nSPS) is 19.1. The second-order valence-electron chi connectivity index (χ2n) is 4.84. The van der Waals surface area contributed by atoms with Gasteiger partial charge in [-0.1, -0.05) is 32.6 Å². The lowest BCUT2D eigenvalue weighted by molar-refractivity contribution is -0.133. The lowest BCUT2D eigenvalue weighted by Gasteiger charge is -2.22. The van der Waals surface area contributed by atoms with Gasteiger partial charge in [0.15, 0.2) is 0 Å². The molecule has 1 aliphatic carbocycles. The highest BCUT2D eigenvalue weighted by Crippen LogP contribution is 2.27. The van der Waals surface area contributed by atoms with Crippen molar-refractivity contribution in [3.63, 3.8) is 0 Å². The van der Waals surface area contributed by atoms with Crippen molar-refractivity contribution in [2.24, 2.45) is 17.6 Å². The monoisotopic (exact) mass is 212 g/mol. The third kappa shape index (κ3) is 3.82. The summed E-state index contributed by atoms with van der Waals surface area (Å²) < 4.78 is 0. The Balaban J connectivity index is 2.22. The second kappa shape index (κ2) is 6.11. The summed E-state index contributed by atoms with van der Waals surface area (Å²) in [5, 5.41) is 0. The molecule has 0 bridgehead atoms. The van der Waals surface area contributed by atoms with Crippen molar-refractivity contribution >= 4 is 5.91 Å². The van der Waals surface area contributed by atoms with E-state index in [1.165, 1.54) is 32.1 Å². The first-order valence-corrected chi connectivity index (χ1v) is 6.10. The summed E-state index contributed by atoms with van der Waals surface area (Å²) in [5.41, 5.74) is 5.48. The van der Waals surface area contributed by atoms with Crippen LogP contribution in [-0.2, 0) is 4.79 Å². The Hall–Kier alpha value is -0.570. The van der Waals surface area contributed by atoms with Crippen LogP contribution in [0.15, 0.2) is 0 Å². The van der Waals surface area contributed by atoms with Gasteiger partial charge in [0.25, 0.3) is 0 Å². The van der Waals surface area contributed by atoms with Crippen LogP contribution in [0.5, 0.6) is 0 Å². The number of carbonyl (C=O) groups excluding carboxylic acids is 1. The van der Waals surface area contributed by atoms with Gasteiger partial charge in [0.1, 0.15) is 0 Å². The second-order valence-corrected chi connectivity index (χ2v) is 4.84. The Kier molecular flexibility index (Phi) is 5.09. The first kappa shape index (κ1) is 12.5. The Morgan fingerprint density at radius 3 is 2.60 bits per heavy atom. The van der Waals surface area contributed by atoms with Crippen LogP contribution in [0.25, 0.3) is 0 Å². The molecule has 88 valence electrons. The molecule has 1 saturated carbocycles. The molecule has 2 N–H and O–H groups in total. The van der Waals surface area contributed by atoms with Gasteiger partial charge >= 0.3 is 0 Å². The minimum Gasteiger partial charge on any atom is -0.345 e. The summed E-state index contributed by atoms with van der Waals surface area (Å²) in [6.07, 6.45) is 6.63. The minimum absolute atomic E-state index is 0.0291. The zero-order valence-corrected chi connectivity index (χ0v) is 10.0. The largest absolute Gasteiger partial charge is 0.345 e. The maximum atomic E-state index is 11.7. The van der Waals surface area contributed by atoms with Gasteiger partial charge in [0, 0.05) is 26.1 Å². The summed E-state index contributed by atoms with van der Waals surface area (Å²) in [7, 11) is 1.89. The van der Waals surface area contributed by atoms with E-state index < -0.39 is 0 Å². The summed E-state index contributed by atoms with van der Waals surface area (Å²) in [4.78, 5) is 13.6. The molecule has 1 fully saturated rings. The third-order valence-electron chi connectivity index (χ3n) is 3.50. The van der Waals surface area contributed by atoms with Gasteiger partial charge in [0.2, 0.25) is 5.91 Å². The predicted molar refractivity (Wildman–Crippen MR) is 62.4 cm³/mol. The Morgan fingerprint density at radius 2 is 2.07 bits per heavy atom.